The fraction of sp³-hybridized carbons (Fsp3) is 0.211. The molecule has 128 valence electrons. The molecule has 0 fully saturated rings. The Morgan fingerprint density at radius 3 is 2.72 bits per heavy atom. The van der Waals surface area contributed by atoms with Gasteiger partial charge in [0.05, 0.1) is 6.42 Å². The zero-order chi connectivity index (χ0) is 17.8. The zero-order valence-corrected chi connectivity index (χ0v) is 14.0. The monoisotopic (exact) mass is 338 g/mol. The summed E-state index contributed by atoms with van der Waals surface area (Å²) in [5, 5.41) is 7.34. The van der Waals surface area contributed by atoms with Gasteiger partial charge >= 0.3 is 5.97 Å². The van der Waals surface area contributed by atoms with E-state index in [4.69, 9.17) is 9.26 Å². The number of ether oxygens (including phenoxy) is 1. The molecule has 0 saturated carbocycles. The molecule has 0 aliphatic rings. The molecule has 3 rings (SSSR count). The molecule has 0 bridgehead atoms. The van der Waals surface area contributed by atoms with Crippen molar-refractivity contribution in [3.05, 3.63) is 59.3 Å². The molecule has 0 spiro atoms. The Labute approximate surface area is 144 Å². The summed E-state index contributed by atoms with van der Waals surface area (Å²) in [6.45, 7) is 3.62. The number of aromatic nitrogens is 1. The van der Waals surface area contributed by atoms with Crippen molar-refractivity contribution in [2.75, 3.05) is 11.9 Å². The van der Waals surface area contributed by atoms with Crippen molar-refractivity contribution >= 4 is 28.5 Å². The van der Waals surface area contributed by atoms with Crippen LogP contribution in [-0.2, 0) is 20.7 Å². The quantitative estimate of drug-likeness (QED) is 0.723. The summed E-state index contributed by atoms with van der Waals surface area (Å²) in [6.07, 6.45) is -0.0477. The van der Waals surface area contributed by atoms with Crippen molar-refractivity contribution in [3.63, 3.8) is 0 Å². The number of benzene rings is 2. The first-order chi connectivity index (χ1) is 12.0. The van der Waals surface area contributed by atoms with Crippen LogP contribution >= 0.6 is 0 Å². The van der Waals surface area contributed by atoms with E-state index in [-0.39, 0.29) is 18.9 Å². The normalized spacial score (nSPS) is 10.6. The van der Waals surface area contributed by atoms with Gasteiger partial charge in [-0.2, -0.15) is 0 Å². The number of nitrogens with zero attached hydrogens (tertiary/aromatic N) is 1. The molecule has 0 saturated heterocycles. The Morgan fingerprint density at radius 1 is 1.12 bits per heavy atom. The molecular formula is C19H18N2O4. The number of anilines is 1. The van der Waals surface area contributed by atoms with E-state index in [0.29, 0.717) is 17.0 Å². The number of nitrogens with one attached hydrogen (secondary N) is 1. The maximum Gasteiger partial charge on any atom is 0.312 e. The van der Waals surface area contributed by atoms with Crippen LogP contribution in [0.3, 0.4) is 0 Å². The van der Waals surface area contributed by atoms with E-state index in [1.54, 1.807) is 6.07 Å². The second-order valence-electron chi connectivity index (χ2n) is 5.81. The van der Waals surface area contributed by atoms with Crippen LogP contribution in [-0.4, -0.2) is 23.6 Å². The van der Waals surface area contributed by atoms with Crippen LogP contribution < -0.4 is 5.32 Å². The highest BCUT2D eigenvalue weighted by Gasteiger charge is 2.14. The number of aryl methyl sites for hydroxylation is 2. The number of hydrogen-bond acceptors (Lipinski definition) is 5. The van der Waals surface area contributed by atoms with Crippen LogP contribution in [0, 0.1) is 13.8 Å². The van der Waals surface area contributed by atoms with Gasteiger partial charge in [0.2, 0.25) is 0 Å². The lowest BCUT2D eigenvalue weighted by Crippen LogP contribution is -2.21. The molecule has 1 heterocycles. The Balaban J connectivity index is 1.53. The van der Waals surface area contributed by atoms with Gasteiger partial charge in [-0.1, -0.05) is 23.4 Å². The second-order valence-corrected chi connectivity index (χ2v) is 5.81. The third-order valence-electron chi connectivity index (χ3n) is 3.92. The molecule has 0 unspecified atom stereocenters. The lowest BCUT2D eigenvalue weighted by molar-refractivity contribution is -0.146. The van der Waals surface area contributed by atoms with Crippen molar-refractivity contribution in [3.8, 4) is 0 Å². The molecule has 3 aromatic rings. The van der Waals surface area contributed by atoms with E-state index in [1.165, 1.54) is 0 Å². The Hall–Kier alpha value is -3.15. The van der Waals surface area contributed by atoms with Crippen molar-refractivity contribution in [1.82, 2.24) is 5.16 Å². The number of amides is 1. The molecule has 1 N–H and O–H groups in total. The highest BCUT2D eigenvalue weighted by molar-refractivity contribution is 5.93. The van der Waals surface area contributed by atoms with Gasteiger partial charge in [-0.3, -0.25) is 9.59 Å². The number of rotatable bonds is 5. The van der Waals surface area contributed by atoms with Gasteiger partial charge in [0, 0.05) is 11.1 Å². The summed E-state index contributed by atoms with van der Waals surface area (Å²) in [5.41, 5.74) is 4.00. The highest BCUT2D eigenvalue weighted by atomic mass is 16.5. The average molecular weight is 338 g/mol. The van der Waals surface area contributed by atoms with Crippen molar-refractivity contribution in [2.45, 2.75) is 20.3 Å². The van der Waals surface area contributed by atoms with Gasteiger partial charge in [-0.15, -0.1) is 0 Å². The van der Waals surface area contributed by atoms with Gasteiger partial charge in [0.1, 0.15) is 5.69 Å². The number of carbonyl (C=O) groups is 2. The number of para-hydroxylation sites is 1. The predicted octanol–water partition coefficient (Wildman–Crippen LogP) is 3.17. The molecule has 6 heteroatoms. The first kappa shape index (κ1) is 16.7. The average Bonchev–Trinajstić information content (AvgIpc) is 2.99. The molecule has 0 aliphatic heterocycles. The molecule has 1 aromatic heterocycles. The number of hydrogen-bond donors (Lipinski definition) is 1. The van der Waals surface area contributed by atoms with Gasteiger partial charge in [-0.05, 0) is 49.2 Å². The van der Waals surface area contributed by atoms with E-state index in [1.807, 2.05) is 50.2 Å². The lowest BCUT2D eigenvalue weighted by atomic mass is 10.1. The van der Waals surface area contributed by atoms with Crippen LogP contribution in [0.5, 0.6) is 0 Å². The van der Waals surface area contributed by atoms with Crippen molar-refractivity contribution in [2.24, 2.45) is 0 Å². The van der Waals surface area contributed by atoms with E-state index < -0.39 is 5.97 Å². The molecule has 1 amide bonds. The summed E-state index contributed by atoms with van der Waals surface area (Å²) in [7, 11) is 0. The van der Waals surface area contributed by atoms with Gasteiger partial charge in [-0.25, -0.2) is 0 Å². The van der Waals surface area contributed by atoms with Crippen LogP contribution in [0.2, 0.25) is 0 Å². The Bertz CT molecular complexity index is 930. The number of carbonyl (C=O) groups excluding carboxylic acids is 2. The maximum atomic E-state index is 11.9. The Kier molecular flexibility index (Phi) is 4.79. The fourth-order valence-corrected chi connectivity index (χ4v) is 2.42. The van der Waals surface area contributed by atoms with Crippen molar-refractivity contribution in [1.29, 1.82) is 0 Å². The minimum Gasteiger partial charge on any atom is -0.455 e. The zero-order valence-electron chi connectivity index (χ0n) is 14.0. The van der Waals surface area contributed by atoms with E-state index >= 15 is 0 Å². The third-order valence-corrected chi connectivity index (χ3v) is 3.92. The topological polar surface area (TPSA) is 81.4 Å². The largest absolute Gasteiger partial charge is 0.455 e. The minimum atomic E-state index is -0.533. The Morgan fingerprint density at radius 2 is 1.92 bits per heavy atom. The summed E-state index contributed by atoms with van der Waals surface area (Å²) < 4.78 is 10.2. The van der Waals surface area contributed by atoms with Crippen LogP contribution in [0.1, 0.15) is 16.8 Å². The molecular weight excluding hydrogens is 320 g/mol. The first-order valence-corrected chi connectivity index (χ1v) is 7.89. The van der Waals surface area contributed by atoms with Crippen LogP contribution in [0.15, 0.2) is 47.0 Å². The highest BCUT2D eigenvalue weighted by Crippen LogP contribution is 2.18. The first-order valence-electron chi connectivity index (χ1n) is 7.89. The SMILES string of the molecule is Cc1ccc(NC(=O)COC(=O)Cc2noc3ccccc23)cc1C. The van der Waals surface area contributed by atoms with Crippen molar-refractivity contribution < 1.29 is 18.8 Å². The van der Waals surface area contributed by atoms with E-state index in [9.17, 15) is 9.59 Å². The smallest absolute Gasteiger partial charge is 0.312 e. The van der Waals surface area contributed by atoms with Gasteiger partial charge in [0.15, 0.2) is 12.2 Å². The lowest BCUT2D eigenvalue weighted by Gasteiger charge is -2.08. The number of esters is 1. The molecule has 6 nitrogen and oxygen atoms in total. The second kappa shape index (κ2) is 7.17. The maximum absolute atomic E-state index is 11.9. The molecule has 0 atom stereocenters. The third kappa shape index (κ3) is 4.03. The molecule has 0 aliphatic carbocycles. The van der Waals surface area contributed by atoms with Gasteiger partial charge < -0.3 is 14.6 Å². The van der Waals surface area contributed by atoms with Crippen LogP contribution in [0.25, 0.3) is 11.0 Å². The summed E-state index contributed by atoms with van der Waals surface area (Å²) in [6, 6.07) is 12.9. The summed E-state index contributed by atoms with van der Waals surface area (Å²) >= 11 is 0. The molecule has 25 heavy (non-hydrogen) atoms. The number of fused-ring (bicyclic) bond motifs is 1. The molecule has 0 radical (unpaired) electrons. The van der Waals surface area contributed by atoms with E-state index in [0.717, 1.165) is 16.5 Å². The fourth-order valence-electron chi connectivity index (χ4n) is 2.42. The minimum absolute atomic E-state index is 0.0477. The molecule has 2 aromatic carbocycles. The predicted molar refractivity (Wildman–Crippen MR) is 93.2 cm³/mol. The van der Waals surface area contributed by atoms with E-state index in [2.05, 4.69) is 10.5 Å². The van der Waals surface area contributed by atoms with Crippen LogP contribution in [0.4, 0.5) is 5.69 Å². The standard InChI is InChI=1S/C19H18N2O4/c1-12-7-8-14(9-13(12)2)20-18(22)11-24-19(23)10-16-15-5-3-4-6-17(15)25-21-16/h3-9H,10-11H2,1-2H3,(H,20,22). The summed E-state index contributed by atoms with van der Waals surface area (Å²) in [4.78, 5) is 23.8. The van der Waals surface area contributed by atoms with Gasteiger partial charge in [0.25, 0.3) is 5.91 Å². The summed E-state index contributed by atoms with van der Waals surface area (Å²) in [5.74, 6) is -0.920.